The lowest BCUT2D eigenvalue weighted by Gasteiger charge is -2.20. The average molecular weight is 290 g/mol. The largest absolute Gasteiger partial charge is 0.452 e. The minimum Gasteiger partial charge on any atom is -0.452 e. The van der Waals surface area contributed by atoms with E-state index in [1.807, 2.05) is 6.92 Å². The topological polar surface area (TPSA) is 72.6 Å². The van der Waals surface area contributed by atoms with Crippen LogP contribution in [0.15, 0.2) is 18.2 Å². The van der Waals surface area contributed by atoms with Crippen molar-refractivity contribution in [3.05, 3.63) is 29.3 Å². The molecule has 1 aliphatic heterocycles. The second-order valence-electron chi connectivity index (χ2n) is 5.45. The normalized spacial score (nSPS) is 15.4. The van der Waals surface area contributed by atoms with E-state index >= 15 is 0 Å². The van der Waals surface area contributed by atoms with Crippen LogP contribution in [0.3, 0.4) is 0 Å². The molecule has 21 heavy (non-hydrogen) atoms. The maximum Gasteiger partial charge on any atom is 0.338 e. The van der Waals surface area contributed by atoms with Crippen LogP contribution >= 0.6 is 0 Å². The predicted molar refractivity (Wildman–Crippen MR) is 80.9 cm³/mol. The highest BCUT2D eigenvalue weighted by Crippen LogP contribution is 2.14. The lowest BCUT2D eigenvalue weighted by Crippen LogP contribution is -2.35. The first kappa shape index (κ1) is 15.4. The number of benzene rings is 1. The highest BCUT2D eigenvalue weighted by molar-refractivity contribution is 5.93. The Hall–Kier alpha value is -2.04. The first-order valence-electron chi connectivity index (χ1n) is 7.39. The van der Waals surface area contributed by atoms with Gasteiger partial charge in [-0.1, -0.05) is 18.9 Å². The number of likely N-dealkylation sites (tertiary alicyclic amines) is 1. The fourth-order valence-corrected chi connectivity index (χ4v) is 2.48. The van der Waals surface area contributed by atoms with Crippen LogP contribution in [0.25, 0.3) is 0 Å². The van der Waals surface area contributed by atoms with Crippen LogP contribution < -0.4 is 5.73 Å². The Labute approximate surface area is 125 Å². The number of rotatable bonds is 3. The van der Waals surface area contributed by atoms with E-state index < -0.39 is 5.97 Å². The van der Waals surface area contributed by atoms with Gasteiger partial charge in [-0.3, -0.25) is 4.79 Å². The number of hydrogen-bond acceptors (Lipinski definition) is 4. The second kappa shape index (κ2) is 7.11. The number of esters is 1. The Balaban J connectivity index is 1.91. The monoisotopic (exact) mass is 290 g/mol. The van der Waals surface area contributed by atoms with E-state index in [0.29, 0.717) is 11.3 Å². The Morgan fingerprint density at radius 3 is 2.52 bits per heavy atom. The molecule has 1 amide bonds. The Morgan fingerprint density at radius 1 is 1.19 bits per heavy atom. The van der Waals surface area contributed by atoms with Gasteiger partial charge in [0.2, 0.25) is 0 Å². The highest BCUT2D eigenvalue weighted by atomic mass is 16.5. The van der Waals surface area contributed by atoms with E-state index in [1.54, 1.807) is 23.1 Å². The molecule has 5 nitrogen and oxygen atoms in total. The van der Waals surface area contributed by atoms with Crippen LogP contribution in [-0.2, 0) is 9.53 Å². The van der Waals surface area contributed by atoms with Crippen molar-refractivity contribution in [1.82, 2.24) is 4.90 Å². The van der Waals surface area contributed by atoms with Crippen molar-refractivity contribution in [1.29, 1.82) is 0 Å². The summed E-state index contributed by atoms with van der Waals surface area (Å²) in [5.74, 6) is -0.616. The number of amides is 1. The van der Waals surface area contributed by atoms with Crippen LogP contribution in [0, 0.1) is 6.92 Å². The van der Waals surface area contributed by atoms with E-state index in [-0.39, 0.29) is 12.5 Å². The quantitative estimate of drug-likeness (QED) is 0.683. The van der Waals surface area contributed by atoms with E-state index in [2.05, 4.69) is 0 Å². The maximum absolute atomic E-state index is 12.1. The molecule has 0 aromatic heterocycles. The number of nitrogens with zero attached hydrogens (tertiary/aromatic N) is 1. The number of ether oxygens (including phenoxy) is 1. The lowest BCUT2D eigenvalue weighted by atomic mass is 10.1. The molecule has 0 spiro atoms. The molecule has 1 aromatic carbocycles. The van der Waals surface area contributed by atoms with E-state index in [0.717, 1.165) is 44.3 Å². The number of hydrogen-bond donors (Lipinski definition) is 1. The molecule has 0 aliphatic carbocycles. The fourth-order valence-electron chi connectivity index (χ4n) is 2.48. The Morgan fingerprint density at radius 2 is 1.86 bits per heavy atom. The van der Waals surface area contributed by atoms with Gasteiger partial charge in [0.05, 0.1) is 5.56 Å². The van der Waals surface area contributed by atoms with Crippen molar-refractivity contribution in [2.45, 2.75) is 32.6 Å². The van der Waals surface area contributed by atoms with Gasteiger partial charge in [-0.25, -0.2) is 4.79 Å². The second-order valence-corrected chi connectivity index (χ2v) is 5.45. The first-order valence-corrected chi connectivity index (χ1v) is 7.39. The molecule has 0 radical (unpaired) electrons. The van der Waals surface area contributed by atoms with Gasteiger partial charge in [-0.05, 0) is 37.5 Å². The number of aryl methyl sites for hydroxylation is 1. The van der Waals surface area contributed by atoms with E-state index in [1.165, 1.54) is 0 Å². The van der Waals surface area contributed by atoms with Crippen molar-refractivity contribution in [3.8, 4) is 0 Å². The predicted octanol–water partition coefficient (Wildman–Crippen LogP) is 2.14. The summed E-state index contributed by atoms with van der Waals surface area (Å²) in [4.78, 5) is 25.9. The van der Waals surface area contributed by atoms with Crippen LogP contribution in [-0.4, -0.2) is 36.5 Å². The summed E-state index contributed by atoms with van der Waals surface area (Å²) in [6, 6.07) is 5.07. The van der Waals surface area contributed by atoms with Crippen LogP contribution in [0.2, 0.25) is 0 Å². The minimum absolute atomic E-state index is 0.119. The summed E-state index contributed by atoms with van der Waals surface area (Å²) in [6.45, 7) is 3.13. The van der Waals surface area contributed by atoms with Crippen LogP contribution in [0.5, 0.6) is 0 Å². The molecule has 2 N–H and O–H groups in total. The van der Waals surface area contributed by atoms with Gasteiger partial charge in [0.1, 0.15) is 0 Å². The van der Waals surface area contributed by atoms with Gasteiger partial charge in [0.15, 0.2) is 6.61 Å². The zero-order chi connectivity index (χ0) is 15.2. The molecule has 0 unspecified atom stereocenters. The third-order valence-electron chi connectivity index (χ3n) is 3.77. The number of anilines is 1. The van der Waals surface area contributed by atoms with Gasteiger partial charge < -0.3 is 15.4 Å². The molecule has 1 heterocycles. The average Bonchev–Trinajstić information content (AvgIpc) is 2.76. The van der Waals surface area contributed by atoms with Crippen molar-refractivity contribution < 1.29 is 14.3 Å². The van der Waals surface area contributed by atoms with Gasteiger partial charge >= 0.3 is 5.97 Å². The van der Waals surface area contributed by atoms with Crippen molar-refractivity contribution >= 4 is 17.6 Å². The molecule has 114 valence electrons. The van der Waals surface area contributed by atoms with Gasteiger partial charge in [-0.2, -0.15) is 0 Å². The third-order valence-corrected chi connectivity index (χ3v) is 3.77. The number of carbonyl (C=O) groups is 2. The zero-order valence-electron chi connectivity index (χ0n) is 12.4. The molecule has 0 bridgehead atoms. The molecular weight excluding hydrogens is 268 g/mol. The minimum atomic E-state index is -0.497. The molecule has 1 fully saturated rings. The van der Waals surface area contributed by atoms with Crippen molar-refractivity contribution in [2.24, 2.45) is 0 Å². The molecular formula is C16H22N2O3. The number of carbonyl (C=O) groups excluding carboxylic acids is 2. The van der Waals surface area contributed by atoms with Crippen molar-refractivity contribution in [3.63, 3.8) is 0 Å². The SMILES string of the molecule is Cc1ccc(N)cc1C(=O)OCC(=O)N1CCCCCC1. The highest BCUT2D eigenvalue weighted by Gasteiger charge is 2.18. The molecule has 5 heteroatoms. The molecule has 1 aliphatic rings. The Kier molecular flexibility index (Phi) is 5.20. The maximum atomic E-state index is 12.1. The van der Waals surface area contributed by atoms with Crippen LogP contribution in [0.4, 0.5) is 5.69 Å². The molecule has 1 aromatic rings. The Bertz CT molecular complexity index is 520. The molecule has 0 atom stereocenters. The molecule has 2 rings (SSSR count). The van der Waals surface area contributed by atoms with Crippen LogP contribution in [0.1, 0.15) is 41.6 Å². The first-order chi connectivity index (χ1) is 10.1. The molecule has 0 saturated carbocycles. The summed E-state index contributed by atoms with van der Waals surface area (Å²) >= 11 is 0. The third kappa shape index (κ3) is 4.21. The van der Waals surface area contributed by atoms with E-state index in [4.69, 9.17) is 10.5 Å². The van der Waals surface area contributed by atoms with Gasteiger partial charge in [0, 0.05) is 18.8 Å². The van der Waals surface area contributed by atoms with Gasteiger partial charge in [-0.15, -0.1) is 0 Å². The summed E-state index contributed by atoms with van der Waals surface area (Å²) in [5.41, 5.74) is 7.38. The standard InChI is InChI=1S/C16H22N2O3/c1-12-6-7-13(17)10-14(12)16(20)21-11-15(19)18-8-4-2-3-5-9-18/h6-7,10H,2-5,8-9,11,17H2,1H3. The summed E-state index contributed by atoms with van der Waals surface area (Å²) in [6.07, 6.45) is 4.36. The smallest absolute Gasteiger partial charge is 0.338 e. The van der Waals surface area contributed by atoms with Crippen molar-refractivity contribution in [2.75, 3.05) is 25.4 Å². The number of nitrogens with two attached hydrogens (primary N) is 1. The number of nitrogen functional groups attached to an aromatic ring is 1. The van der Waals surface area contributed by atoms with Gasteiger partial charge in [0.25, 0.3) is 5.91 Å². The zero-order valence-corrected chi connectivity index (χ0v) is 12.4. The van der Waals surface area contributed by atoms with E-state index in [9.17, 15) is 9.59 Å². The molecule has 1 saturated heterocycles. The fraction of sp³-hybridized carbons (Fsp3) is 0.500. The lowest BCUT2D eigenvalue weighted by molar-refractivity contribution is -0.134. The summed E-state index contributed by atoms with van der Waals surface area (Å²) in [7, 11) is 0. The summed E-state index contributed by atoms with van der Waals surface area (Å²) < 4.78 is 5.13. The summed E-state index contributed by atoms with van der Waals surface area (Å²) in [5, 5.41) is 0.